The van der Waals surface area contributed by atoms with Crippen LogP contribution in [0.1, 0.15) is 24.5 Å². The molecule has 0 radical (unpaired) electrons. The van der Waals surface area contributed by atoms with Gasteiger partial charge in [0.15, 0.2) is 0 Å². The normalized spacial score (nSPS) is 18.0. The lowest BCUT2D eigenvalue weighted by Crippen LogP contribution is -2.49. The van der Waals surface area contributed by atoms with Gasteiger partial charge in [0.05, 0.1) is 13.1 Å². The number of hydrogen-bond acceptors (Lipinski definition) is 6. The van der Waals surface area contributed by atoms with Gasteiger partial charge in [-0.25, -0.2) is 4.39 Å². The van der Waals surface area contributed by atoms with Crippen LogP contribution < -0.4 is 10.2 Å². The Balaban J connectivity index is 1.44. The molecule has 2 aromatic rings. The van der Waals surface area contributed by atoms with Gasteiger partial charge >= 0.3 is 5.97 Å². The number of allylic oxidation sites excluding steroid dienone is 5. The van der Waals surface area contributed by atoms with Gasteiger partial charge in [-0.2, -0.15) is 0 Å². The van der Waals surface area contributed by atoms with E-state index < -0.39 is 12.1 Å². The molecular formula is C26H26FN3O3S. The predicted molar refractivity (Wildman–Crippen MR) is 133 cm³/mol. The number of halogens is 1. The van der Waals surface area contributed by atoms with Crippen LogP contribution in [0.5, 0.6) is 0 Å². The number of esters is 1. The highest BCUT2D eigenvalue weighted by Crippen LogP contribution is 2.31. The number of nitrogens with zero attached hydrogens (tertiary/aromatic N) is 2. The van der Waals surface area contributed by atoms with Crippen molar-refractivity contribution in [3.8, 4) is 0 Å². The standard InChI is InChI=1S/C26H26FN3O3S/c1-18(31)29-14-22-15-30(16-26(32)33-22)21-6-8-24(25(27)13-21)20-3-2-4-23(7-5-20)34-17-19-9-11-28-12-10-19/h2,4-13,22H,3,14-17H2,1H3,(H,29,31). The van der Waals surface area contributed by atoms with Crippen LogP contribution >= 0.6 is 11.8 Å². The SMILES string of the molecule is CC(=O)NCC1CN(c2ccc(C3=CC=C(SCc4ccncc4)C=CC3)c(F)c2)CC(=O)O1. The molecule has 176 valence electrons. The molecule has 0 spiro atoms. The van der Waals surface area contributed by atoms with Crippen molar-refractivity contribution < 1.29 is 18.7 Å². The number of carbonyl (C=O) groups excluding carboxylic acids is 2. The molecule has 0 bridgehead atoms. The zero-order valence-electron chi connectivity index (χ0n) is 18.9. The number of amides is 1. The average molecular weight is 480 g/mol. The van der Waals surface area contributed by atoms with Crippen LogP contribution in [0.25, 0.3) is 5.57 Å². The monoisotopic (exact) mass is 479 g/mol. The van der Waals surface area contributed by atoms with E-state index in [-0.39, 0.29) is 24.8 Å². The second-order valence-electron chi connectivity index (χ2n) is 8.11. The van der Waals surface area contributed by atoms with Crippen molar-refractivity contribution in [3.63, 3.8) is 0 Å². The molecule has 1 aromatic carbocycles. The highest BCUT2D eigenvalue weighted by Gasteiger charge is 2.27. The quantitative estimate of drug-likeness (QED) is 0.599. The summed E-state index contributed by atoms with van der Waals surface area (Å²) in [6, 6.07) is 9.04. The number of pyridine rings is 1. The second kappa shape index (κ2) is 11.2. The molecule has 1 amide bonds. The number of aromatic nitrogens is 1. The van der Waals surface area contributed by atoms with Crippen LogP contribution in [0.3, 0.4) is 0 Å². The zero-order valence-corrected chi connectivity index (χ0v) is 19.7. The third kappa shape index (κ3) is 6.35. The highest BCUT2D eigenvalue weighted by molar-refractivity contribution is 8.02. The maximum Gasteiger partial charge on any atom is 0.325 e. The number of rotatable bonds is 7. The van der Waals surface area contributed by atoms with Gasteiger partial charge in [0, 0.05) is 41.2 Å². The molecule has 1 fully saturated rings. The first kappa shape index (κ1) is 23.8. The Hall–Kier alpha value is -3.39. The number of hydrogen-bond donors (Lipinski definition) is 1. The molecule has 1 N–H and O–H groups in total. The maximum atomic E-state index is 15.1. The van der Waals surface area contributed by atoms with Gasteiger partial charge in [0.2, 0.25) is 5.91 Å². The van der Waals surface area contributed by atoms with Crippen molar-refractivity contribution in [2.45, 2.75) is 25.2 Å². The summed E-state index contributed by atoms with van der Waals surface area (Å²) in [5, 5.41) is 2.66. The van der Waals surface area contributed by atoms with Crippen molar-refractivity contribution in [1.82, 2.24) is 10.3 Å². The molecule has 1 unspecified atom stereocenters. The van der Waals surface area contributed by atoms with Crippen molar-refractivity contribution in [2.75, 3.05) is 24.5 Å². The van der Waals surface area contributed by atoms with E-state index in [9.17, 15) is 9.59 Å². The summed E-state index contributed by atoms with van der Waals surface area (Å²) < 4.78 is 20.4. The molecule has 2 aliphatic rings. The molecule has 1 saturated heterocycles. The van der Waals surface area contributed by atoms with Crippen LogP contribution in [0.4, 0.5) is 10.1 Å². The molecule has 6 nitrogen and oxygen atoms in total. The molecule has 4 rings (SSSR count). The number of benzene rings is 1. The Labute approximate surface area is 202 Å². The first-order valence-electron chi connectivity index (χ1n) is 11.1. The maximum absolute atomic E-state index is 15.1. The predicted octanol–water partition coefficient (Wildman–Crippen LogP) is 4.25. The third-order valence-electron chi connectivity index (χ3n) is 5.51. The molecule has 0 saturated carbocycles. The highest BCUT2D eigenvalue weighted by atomic mass is 32.2. The first-order chi connectivity index (χ1) is 16.5. The summed E-state index contributed by atoms with van der Waals surface area (Å²) in [7, 11) is 0. The lowest BCUT2D eigenvalue weighted by atomic mass is 10.0. The topological polar surface area (TPSA) is 71.5 Å². The second-order valence-corrected chi connectivity index (χ2v) is 9.15. The molecule has 1 atom stereocenters. The number of anilines is 1. The van der Waals surface area contributed by atoms with Gasteiger partial charge in [0.1, 0.15) is 18.5 Å². The van der Waals surface area contributed by atoms with Gasteiger partial charge in [-0.1, -0.05) is 18.2 Å². The summed E-state index contributed by atoms with van der Waals surface area (Å²) in [5.74, 6) is -0.0887. The zero-order chi connectivity index (χ0) is 23.9. The van der Waals surface area contributed by atoms with Gasteiger partial charge in [-0.15, -0.1) is 11.8 Å². The van der Waals surface area contributed by atoms with E-state index in [0.29, 0.717) is 24.2 Å². The van der Waals surface area contributed by atoms with Crippen molar-refractivity contribution in [2.24, 2.45) is 0 Å². The minimum Gasteiger partial charge on any atom is -0.457 e. The Morgan fingerprint density at radius 1 is 1.26 bits per heavy atom. The fourth-order valence-electron chi connectivity index (χ4n) is 3.80. The van der Waals surface area contributed by atoms with Gasteiger partial charge in [-0.3, -0.25) is 14.6 Å². The lowest BCUT2D eigenvalue weighted by molar-refractivity contribution is -0.150. The van der Waals surface area contributed by atoms with Crippen LogP contribution in [-0.4, -0.2) is 42.6 Å². The number of thioether (sulfide) groups is 1. The van der Waals surface area contributed by atoms with Gasteiger partial charge in [0.25, 0.3) is 0 Å². The number of morpholine rings is 1. The lowest BCUT2D eigenvalue weighted by Gasteiger charge is -2.33. The van der Waals surface area contributed by atoms with Crippen molar-refractivity contribution in [1.29, 1.82) is 0 Å². The molecule has 1 aliphatic carbocycles. The van der Waals surface area contributed by atoms with E-state index in [1.807, 2.05) is 36.4 Å². The molecule has 8 heteroatoms. The van der Waals surface area contributed by atoms with Crippen molar-refractivity contribution in [3.05, 3.63) is 88.9 Å². The van der Waals surface area contributed by atoms with E-state index in [1.54, 1.807) is 35.1 Å². The Bertz CT molecular complexity index is 1150. The molecular weight excluding hydrogens is 453 g/mol. The van der Waals surface area contributed by atoms with Crippen LogP contribution in [-0.2, 0) is 20.1 Å². The van der Waals surface area contributed by atoms with Crippen LogP contribution in [0.15, 0.2) is 71.9 Å². The Morgan fingerprint density at radius 2 is 2.09 bits per heavy atom. The van der Waals surface area contributed by atoms with E-state index >= 15 is 4.39 Å². The van der Waals surface area contributed by atoms with Crippen LogP contribution in [0, 0.1) is 5.82 Å². The fourth-order valence-corrected chi connectivity index (χ4v) is 4.68. The minimum atomic E-state index is -0.476. The Morgan fingerprint density at radius 3 is 2.85 bits per heavy atom. The van der Waals surface area contributed by atoms with Crippen LogP contribution in [0.2, 0.25) is 0 Å². The van der Waals surface area contributed by atoms with E-state index in [4.69, 9.17) is 4.74 Å². The average Bonchev–Trinajstić information content (AvgIpc) is 3.07. The Kier molecular flexibility index (Phi) is 7.80. The van der Waals surface area contributed by atoms with E-state index in [2.05, 4.69) is 16.4 Å². The molecule has 1 aromatic heterocycles. The molecule has 34 heavy (non-hydrogen) atoms. The number of nitrogens with one attached hydrogen (secondary N) is 1. The smallest absolute Gasteiger partial charge is 0.325 e. The van der Waals surface area contributed by atoms with E-state index in [0.717, 1.165) is 16.2 Å². The van der Waals surface area contributed by atoms with Gasteiger partial charge in [-0.05, 0) is 54.0 Å². The summed E-state index contributed by atoms with van der Waals surface area (Å²) in [5.41, 5.74) is 3.24. The summed E-state index contributed by atoms with van der Waals surface area (Å²) in [4.78, 5) is 30.1. The molecule has 2 heterocycles. The van der Waals surface area contributed by atoms with E-state index in [1.165, 1.54) is 18.6 Å². The van der Waals surface area contributed by atoms with Crippen molar-refractivity contribution >= 4 is 34.9 Å². The summed E-state index contributed by atoms with van der Waals surface area (Å²) in [6.45, 7) is 2.07. The number of cyclic esters (lactones) is 1. The van der Waals surface area contributed by atoms with Gasteiger partial charge < -0.3 is 15.0 Å². The summed E-state index contributed by atoms with van der Waals surface area (Å²) >= 11 is 1.72. The summed E-state index contributed by atoms with van der Waals surface area (Å²) in [6.07, 6.45) is 11.8. The molecule has 1 aliphatic heterocycles. The number of carbonyl (C=O) groups is 2. The first-order valence-corrected chi connectivity index (χ1v) is 12.0. The number of ether oxygens (including phenoxy) is 1. The fraction of sp³-hybridized carbons (Fsp3) is 0.269. The third-order valence-corrected chi connectivity index (χ3v) is 6.59. The minimum absolute atomic E-state index is 0.0432. The largest absolute Gasteiger partial charge is 0.457 e.